The van der Waals surface area contributed by atoms with E-state index in [0.717, 1.165) is 12.8 Å². The van der Waals surface area contributed by atoms with Crippen molar-refractivity contribution < 1.29 is 14.0 Å². The first-order chi connectivity index (χ1) is 15.9. The van der Waals surface area contributed by atoms with E-state index >= 15 is 0 Å². The molecule has 0 radical (unpaired) electrons. The van der Waals surface area contributed by atoms with Crippen LogP contribution in [0.4, 0.5) is 4.39 Å². The second-order valence-corrected chi connectivity index (χ2v) is 8.51. The van der Waals surface area contributed by atoms with Crippen LogP contribution in [0.25, 0.3) is 11.1 Å². The zero-order valence-electron chi connectivity index (χ0n) is 18.5. The lowest BCUT2D eigenvalue weighted by molar-refractivity contribution is -0.129. The van der Waals surface area contributed by atoms with Crippen molar-refractivity contribution in [1.29, 1.82) is 0 Å². The fourth-order valence-electron chi connectivity index (χ4n) is 4.43. The highest BCUT2D eigenvalue weighted by atomic mass is 19.1. The van der Waals surface area contributed by atoms with Gasteiger partial charge in [0.25, 0.3) is 5.91 Å². The first-order valence-corrected chi connectivity index (χ1v) is 11.0. The van der Waals surface area contributed by atoms with Crippen LogP contribution in [0.3, 0.4) is 0 Å². The molecule has 3 heterocycles. The summed E-state index contributed by atoms with van der Waals surface area (Å²) in [4.78, 5) is 36.2. The number of aromatic nitrogens is 2. The number of hydrogen-bond acceptors (Lipinski definition) is 5. The molecule has 0 spiro atoms. The lowest BCUT2D eigenvalue weighted by atomic mass is 9.83. The van der Waals surface area contributed by atoms with E-state index in [0.29, 0.717) is 34.5 Å². The number of Topliss-reactive ketones (excluding diaryl/α,β-unsaturated/α-hetero) is 1. The topological polar surface area (TPSA) is 93.6 Å². The standard InChI is InChI=1S/C25H24FN5O2/c1-3-31-14-18(13-20(31)21(32)15-9-10-15)25(23(33)30(2)24(27)29-25)17-7-4-6-16(12-17)19-8-5-11-28-22(19)26/h4-8,11-15H,3,9-10H2,1-2H3,(H2,27,29)/t25-/m0/s1. The predicted octanol–water partition coefficient (Wildman–Crippen LogP) is 3.33. The maximum Gasteiger partial charge on any atom is 0.266 e. The number of halogens is 1. The lowest BCUT2D eigenvalue weighted by Gasteiger charge is -2.25. The predicted molar refractivity (Wildman–Crippen MR) is 122 cm³/mol. The molecule has 33 heavy (non-hydrogen) atoms. The number of hydrogen-bond donors (Lipinski definition) is 1. The summed E-state index contributed by atoms with van der Waals surface area (Å²) in [6, 6.07) is 12.1. The van der Waals surface area contributed by atoms with E-state index < -0.39 is 11.5 Å². The molecule has 0 bridgehead atoms. The van der Waals surface area contributed by atoms with Gasteiger partial charge in [-0.2, -0.15) is 4.39 Å². The van der Waals surface area contributed by atoms with Crippen LogP contribution in [0.2, 0.25) is 0 Å². The van der Waals surface area contributed by atoms with Crippen molar-refractivity contribution in [2.24, 2.45) is 16.6 Å². The van der Waals surface area contributed by atoms with E-state index in [4.69, 9.17) is 5.73 Å². The molecule has 1 fully saturated rings. The van der Waals surface area contributed by atoms with Crippen LogP contribution in [-0.4, -0.2) is 39.1 Å². The molecule has 2 N–H and O–H groups in total. The Kier molecular flexibility index (Phi) is 4.88. The van der Waals surface area contributed by atoms with Crippen molar-refractivity contribution in [3.05, 3.63) is 77.6 Å². The summed E-state index contributed by atoms with van der Waals surface area (Å²) in [7, 11) is 1.57. The van der Waals surface area contributed by atoms with E-state index in [1.165, 1.54) is 11.1 Å². The monoisotopic (exact) mass is 445 g/mol. The number of carbonyl (C=O) groups is 2. The molecule has 1 aliphatic carbocycles. The number of carbonyl (C=O) groups excluding carboxylic acids is 2. The fraction of sp³-hybridized carbons (Fsp3) is 0.280. The first-order valence-electron chi connectivity index (χ1n) is 11.0. The summed E-state index contributed by atoms with van der Waals surface area (Å²) in [6.45, 7) is 2.53. The number of benzene rings is 1. The molecule has 1 saturated carbocycles. The Bertz CT molecular complexity index is 1310. The minimum atomic E-state index is -1.47. The van der Waals surface area contributed by atoms with Crippen LogP contribution in [0, 0.1) is 11.9 Å². The SMILES string of the molecule is CCn1cc([C@]2(c3cccc(-c4cccnc4F)c3)N=C(N)N(C)C2=O)cc1C(=O)C1CC1. The van der Waals surface area contributed by atoms with Crippen molar-refractivity contribution in [2.75, 3.05) is 7.05 Å². The number of rotatable bonds is 6. The van der Waals surface area contributed by atoms with Gasteiger partial charge in [0.05, 0.1) is 5.69 Å². The summed E-state index contributed by atoms with van der Waals surface area (Å²) >= 11 is 0. The Hall–Kier alpha value is -3.81. The molecule has 1 amide bonds. The highest BCUT2D eigenvalue weighted by Gasteiger charge is 2.50. The van der Waals surface area contributed by atoms with Crippen LogP contribution in [0.5, 0.6) is 0 Å². The van der Waals surface area contributed by atoms with Gasteiger partial charge in [-0.05, 0) is 55.2 Å². The lowest BCUT2D eigenvalue weighted by Crippen LogP contribution is -2.41. The fourth-order valence-corrected chi connectivity index (χ4v) is 4.43. The second-order valence-electron chi connectivity index (χ2n) is 8.51. The molecule has 0 saturated heterocycles. The molecule has 3 aromatic rings. The van der Waals surface area contributed by atoms with E-state index in [2.05, 4.69) is 9.98 Å². The van der Waals surface area contributed by atoms with Crippen LogP contribution < -0.4 is 5.73 Å². The summed E-state index contributed by atoms with van der Waals surface area (Å²) in [5, 5.41) is 0. The molecule has 1 aromatic carbocycles. The summed E-state index contributed by atoms with van der Waals surface area (Å²) < 4.78 is 16.3. The normalized spacial score (nSPS) is 20.3. The Morgan fingerprint density at radius 2 is 2.00 bits per heavy atom. The maximum absolute atomic E-state index is 14.4. The van der Waals surface area contributed by atoms with Crippen LogP contribution >= 0.6 is 0 Å². The number of guanidine groups is 1. The Morgan fingerprint density at radius 3 is 2.64 bits per heavy atom. The minimum Gasteiger partial charge on any atom is -0.369 e. The van der Waals surface area contributed by atoms with Gasteiger partial charge in [-0.3, -0.25) is 14.5 Å². The second kappa shape index (κ2) is 7.65. The molecule has 8 heteroatoms. The van der Waals surface area contributed by atoms with Crippen LogP contribution in [0.15, 0.2) is 59.9 Å². The van der Waals surface area contributed by atoms with E-state index in [9.17, 15) is 14.0 Å². The Labute approximate surface area is 190 Å². The van der Waals surface area contributed by atoms with Crippen LogP contribution in [0.1, 0.15) is 41.4 Å². The first kappa shape index (κ1) is 21.1. The third kappa shape index (κ3) is 3.25. The van der Waals surface area contributed by atoms with Gasteiger partial charge in [-0.15, -0.1) is 0 Å². The van der Waals surface area contributed by atoms with Crippen molar-refractivity contribution in [3.63, 3.8) is 0 Å². The van der Waals surface area contributed by atoms with Gasteiger partial charge in [0, 0.05) is 43.0 Å². The number of amides is 1. The van der Waals surface area contributed by atoms with E-state index in [-0.39, 0.29) is 23.6 Å². The highest BCUT2D eigenvalue weighted by Crippen LogP contribution is 2.42. The third-order valence-electron chi connectivity index (χ3n) is 6.45. The molecule has 5 rings (SSSR count). The quantitative estimate of drug-likeness (QED) is 0.465. The van der Waals surface area contributed by atoms with Crippen molar-refractivity contribution in [1.82, 2.24) is 14.5 Å². The van der Waals surface area contributed by atoms with Crippen molar-refractivity contribution in [2.45, 2.75) is 31.8 Å². The van der Waals surface area contributed by atoms with Crippen molar-refractivity contribution >= 4 is 17.6 Å². The molecule has 7 nitrogen and oxygen atoms in total. The minimum absolute atomic E-state index is 0.0430. The average molecular weight is 445 g/mol. The maximum atomic E-state index is 14.4. The summed E-state index contributed by atoms with van der Waals surface area (Å²) in [5.74, 6) is -0.725. The molecule has 2 aliphatic rings. The Morgan fingerprint density at radius 1 is 1.21 bits per heavy atom. The van der Waals surface area contributed by atoms with Gasteiger partial charge in [0.15, 0.2) is 17.3 Å². The molecular formula is C25H24FN5O2. The zero-order chi connectivity index (χ0) is 23.3. The average Bonchev–Trinajstić information content (AvgIpc) is 3.55. The van der Waals surface area contributed by atoms with Gasteiger partial charge in [-0.25, -0.2) is 9.98 Å². The third-order valence-corrected chi connectivity index (χ3v) is 6.45. The zero-order valence-corrected chi connectivity index (χ0v) is 18.5. The van der Waals surface area contributed by atoms with Gasteiger partial charge in [0.2, 0.25) is 5.95 Å². The van der Waals surface area contributed by atoms with Gasteiger partial charge in [-0.1, -0.05) is 18.2 Å². The van der Waals surface area contributed by atoms with Crippen molar-refractivity contribution in [3.8, 4) is 11.1 Å². The van der Waals surface area contributed by atoms with Crippen LogP contribution in [-0.2, 0) is 16.9 Å². The number of likely N-dealkylation sites (N-methyl/N-ethyl adjacent to an activating group) is 1. The molecule has 1 aliphatic heterocycles. The van der Waals surface area contributed by atoms with Gasteiger partial charge >= 0.3 is 0 Å². The smallest absolute Gasteiger partial charge is 0.266 e. The largest absolute Gasteiger partial charge is 0.369 e. The van der Waals surface area contributed by atoms with Gasteiger partial charge in [0.1, 0.15) is 0 Å². The molecule has 2 aromatic heterocycles. The number of aryl methyl sites for hydroxylation is 1. The number of ketones is 1. The van der Waals surface area contributed by atoms with E-state index in [1.807, 2.05) is 11.5 Å². The molecule has 0 unspecified atom stereocenters. The number of nitrogens with zero attached hydrogens (tertiary/aromatic N) is 4. The molecular weight excluding hydrogens is 421 g/mol. The number of pyridine rings is 1. The summed E-state index contributed by atoms with van der Waals surface area (Å²) in [6.07, 6.45) is 4.97. The summed E-state index contributed by atoms with van der Waals surface area (Å²) in [5.41, 5.74) is 7.20. The molecule has 1 atom stereocenters. The van der Waals surface area contributed by atoms with Gasteiger partial charge < -0.3 is 10.3 Å². The molecule has 168 valence electrons. The number of aliphatic imine (C=N–C) groups is 1. The Balaban J connectivity index is 1.71. The van der Waals surface area contributed by atoms with E-state index in [1.54, 1.807) is 55.7 Å². The number of nitrogens with two attached hydrogens (primary N) is 1. The highest BCUT2D eigenvalue weighted by molar-refractivity contribution is 6.09.